The molecule has 0 radical (unpaired) electrons. The highest BCUT2D eigenvalue weighted by Crippen LogP contribution is 2.23. The summed E-state index contributed by atoms with van der Waals surface area (Å²) in [7, 11) is 0. The summed E-state index contributed by atoms with van der Waals surface area (Å²) >= 11 is 0. The minimum Gasteiger partial charge on any atom is -0.482 e. The topological polar surface area (TPSA) is 61.8 Å². The first-order valence-electron chi connectivity index (χ1n) is 6.00. The van der Waals surface area contributed by atoms with Gasteiger partial charge in [0.1, 0.15) is 11.5 Å². The summed E-state index contributed by atoms with van der Waals surface area (Å²) in [5, 5.41) is 0. The Balaban J connectivity index is 2.60. The molecular weight excluding hydrogens is 248 g/mol. The molecule has 0 bridgehead atoms. The van der Waals surface area contributed by atoms with Crippen LogP contribution in [0.2, 0.25) is 0 Å². The molecule has 0 saturated carbocycles. The van der Waals surface area contributed by atoms with E-state index in [4.69, 9.17) is 14.2 Å². The van der Waals surface area contributed by atoms with Gasteiger partial charge < -0.3 is 14.2 Å². The fourth-order valence-electron chi connectivity index (χ4n) is 1.45. The summed E-state index contributed by atoms with van der Waals surface area (Å²) in [5.74, 6) is 0.200. The smallest absolute Gasteiger partial charge is 0.344 e. The van der Waals surface area contributed by atoms with Crippen LogP contribution in [0.15, 0.2) is 18.2 Å². The summed E-state index contributed by atoms with van der Waals surface area (Å²) in [6.07, 6.45) is -0.163. The van der Waals surface area contributed by atoms with Crippen molar-refractivity contribution in [3.63, 3.8) is 0 Å². The van der Waals surface area contributed by atoms with Crippen LogP contribution in [0, 0.1) is 6.92 Å². The predicted octanol–water partition coefficient (Wildman–Crippen LogP) is 2.25. The highest BCUT2D eigenvalue weighted by Gasteiger charge is 2.09. The van der Waals surface area contributed by atoms with Crippen molar-refractivity contribution in [1.29, 1.82) is 0 Å². The molecule has 1 rings (SSSR count). The zero-order valence-electron chi connectivity index (χ0n) is 11.6. The summed E-state index contributed by atoms with van der Waals surface area (Å²) in [5.41, 5.74) is 0.774. The SMILES string of the molecule is CC(=O)Oc1ccc(OCC(=O)OC(C)C)c(C)c1. The molecule has 104 valence electrons. The molecule has 0 spiro atoms. The first-order chi connectivity index (χ1) is 8.88. The molecule has 0 aromatic heterocycles. The number of hydrogen-bond acceptors (Lipinski definition) is 5. The first kappa shape index (κ1) is 15.0. The number of carbonyl (C=O) groups excluding carboxylic acids is 2. The van der Waals surface area contributed by atoms with Gasteiger partial charge in [-0.25, -0.2) is 4.79 Å². The van der Waals surface area contributed by atoms with E-state index in [1.807, 2.05) is 0 Å². The average molecular weight is 266 g/mol. The van der Waals surface area contributed by atoms with Gasteiger partial charge >= 0.3 is 11.9 Å². The van der Waals surface area contributed by atoms with E-state index in [0.29, 0.717) is 11.5 Å². The van der Waals surface area contributed by atoms with E-state index in [9.17, 15) is 9.59 Å². The summed E-state index contributed by atoms with van der Waals surface area (Å²) < 4.78 is 15.2. The Morgan fingerprint density at radius 1 is 1.26 bits per heavy atom. The lowest BCUT2D eigenvalue weighted by atomic mass is 10.2. The second kappa shape index (κ2) is 6.78. The van der Waals surface area contributed by atoms with E-state index in [0.717, 1.165) is 5.56 Å². The third-order valence-electron chi connectivity index (χ3n) is 2.12. The Morgan fingerprint density at radius 2 is 1.95 bits per heavy atom. The number of hydrogen-bond donors (Lipinski definition) is 0. The highest BCUT2D eigenvalue weighted by atomic mass is 16.6. The summed E-state index contributed by atoms with van der Waals surface area (Å²) in [6, 6.07) is 4.93. The van der Waals surface area contributed by atoms with Crippen molar-refractivity contribution in [1.82, 2.24) is 0 Å². The quantitative estimate of drug-likeness (QED) is 0.604. The molecule has 0 saturated heterocycles. The van der Waals surface area contributed by atoms with Gasteiger partial charge in [-0.15, -0.1) is 0 Å². The number of benzene rings is 1. The van der Waals surface area contributed by atoms with Gasteiger partial charge in [-0.1, -0.05) is 0 Å². The number of aryl methyl sites for hydroxylation is 1. The normalized spacial score (nSPS) is 10.2. The molecule has 0 amide bonds. The minimum atomic E-state index is -0.418. The van der Waals surface area contributed by atoms with Crippen LogP contribution in [-0.4, -0.2) is 24.6 Å². The number of carbonyl (C=O) groups is 2. The largest absolute Gasteiger partial charge is 0.482 e. The Hall–Kier alpha value is -2.04. The molecular formula is C14H18O5. The Morgan fingerprint density at radius 3 is 2.47 bits per heavy atom. The number of ether oxygens (including phenoxy) is 3. The maximum absolute atomic E-state index is 11.3. The van der Waals surface area contributed by atoms with Crippen molar-refractivity contribution in [2.24, 2.45) is 0 Å². The molecule has 0 atom stereocenters. The monoisotopic (exact) mass is 266 g/mol. The van der Waals surface area contributed by atoms with Crippen molar-refractivity contribution >= 4 is 11.9 Å². The lowest BCUT2D eigenvalue weighted by Crippen LogP contribution is -2.18. The summed E-state index contributed by atoms with van der Waals surface area (Å²) in [4.78, 5) is 22.1. The third kappa shape index (κ3) is 5.42. The molecule has 1 aromatic rings. The van der Waals surface area contributed by atoms with Crippen LogP contribution in [-0.2, 0) is 14.3 Å². The van der Waals surface area contributed by atoms with Gasteiger partial charge in [0.25, 0.3) is 0 Å². The van der Waals surface area contributed by atoms with E-state index >= 15 is 0 Å². The van der Waals surface area contributed by atoms with Gasteiger partial charge in [0.15, 0.2) is 6.61 Å². The number of esters is 2. The lowest BCUT2D eigenvalue weighted by Gasteiger charge is -2.11. The molecule has 0 unspecified atom stereocenters. The van der Waals surface area contributed by atoms with Crippen LogP contribution in [0.25, 0.3) is 0 Å². The van der Waals surface area contributed by atoms with Crippen LogP contribution in [0.4, 0.5) is 0 Å². The second-order valence-electron chi connectivity index (χ2n) is 4.35. The van der Waals surface area contributed by atoms with Crippen molar-refractivity contribution < 1.29 is 23.8 Å². The molecule has 1 aromatic carbocycles. The van der Waals surface area contributed by atoms with E-state index in [1.165, 1.54) is 6.92 Å². The predicted molar refractivity (Wildman–Crippen MR) is 69.2 cm³/mol. The van der Waals surface area contributed by atoms with Crippen LogP contribution >= 0.6 is 0 Å². The fraction of sp³-hybridized carbons (Fsp3) is 0.429. The molecule has 0 aliphatic rings. The van der Waals surface area contributed by atoms with Crippen LogP contribution < -0.4 is 9.47 Å². The standard InChI is InChI=1S/C14H18O5/c1-9(2)18-14(16)8-17-13-6-5-12(7-10(13)3)19-11(4)15/h5-7,9H,8H2,1-4H3. The first-order valence-corrected chi connectivity index (χ1v) is 6.00. The highest BCUT2D eigenvalue weighted by molar-refractivity contribution is 5.71. The molecule has 5 nitrogen and oxygen atoms in total. The maximum atomic E-state index is 11.3. The van der Waals surface area contributed by atoms with Crippen molar-refractivity contribution in [3.05, 3.63) is 23.8 Å². The molecule has 0 aliphatic carbocycles. The zero-order valence-corrected chi connectivity index (χ0v) is 11.6. The second-order valence-corrected chi connectivity index (χ2v) is 4.35. The summed E-state index contributed by atoms with van der Waals surface area (Å²) in [6.45, 7) is 6.54. The fourth-order valence-corrected chi connectivity index (χ4v) is 1.45. The third-order valence-corrected chi connectivity index (χ3v) is 2.12. The maximum Gasteiger partial charge on any atom is 0.344 e. The van der Waals surface area contributed by atoms with Crippen molar-refractivity contribution in [2.75, 3.05) is 6.61 Å². The van der Waals surface area contributed by atoms with Gasteiger partial charge in [0.2, 0.25) is 0 Å². The Bertz CT molecular complexity index is 465. The lowest BCUT2D eigenvalue weighted by molar-refractivity contribution is -0.149. The van der Waals surface area contributed by atoms with E-state index < -0.39 is 5.97 Å². The molecule has 0 N–H and O–H groups in total. The van der Waals surface area contributed by atoms with Gasteiger partial charge in [0.05, 0.1) is 6.10 Å². The van der Waals surface area contributed by atoms with Crippen LogP contribution in [0.3, 0.4) is 0 Å². The molecule has 19 heavy (non-hydrogen) atoms. The van der Waals surface area contributed by atoms with Gasteiger partial charge in [-0.05, 0) is 44.5 Å². The van der Waals surface area contributed by atoms with E-state index in [-0.39, 0.29) is 18.7 Å². The number of rotatable bonds is 5. The van der Waals surface area contributed by atoms with E-state index in [1.54, 1.807) is 39.0 Å². The molecule has 0 heterocycles. The van der Waals surface area contributed by atoms with Gasteiger partial charge in [-0.3, -0.25) is 4.79 Å². The van der Waals surface area contributed by atoms with Crippen LogP contribution in [0.1, 0.15) is 26.3 Å². The minimum absolute atomic E-state index is 0.147. The molecule has 0 fully saturated rings. The van der Waals surface area contributed by atoms with E-state index in [2.05, 4.69) is 0 Å². The zero-order chi connectivity index (χ0) is 14.4. The van der Waals surface area contributed by atoms with Crippen LogP contribution in [0.5, 0.6) is 11.5 Å². The molecule has 0 aliphatic heterocycles. The Labute approximate surface area is 112 Å². The molecule has 5 heteroatoms. The van der Waals surface area contributed by atoms with Crippen molar-refractivity contribution in [2.45, 2.75) is 33.8 Å². The van der Waals surface area contributed by atoms with Gasteiger partial charge in [0, 0.05) is 6.92 Å². The average Bonchev–Trinajstić information content (AvgIpc) is 2.26. The van der Waals surface area contributed by atoms with Crippen molar-refractivity contribution in [3.8, 4) is 11.5 Å². The Kier molecular flexibility index (Phi) is 5.36. The van der Waals surface area contributed by atoms with Gasteiger partial charge in [-0.2, -0.15) is 0 Å².